The summed E-state index contributed by atoms with van der Waals surface area (Å²) in [6.45, 7) is 3.20. The molecule has 4 rings (SSSR count). The minimum Gasteiger partial charge on any atom is -0.454 e. The van der Waals surface area contributed by atoms with Gasteiger partial charge in [-0.05, 0) is 42.3 Å². The van der Waals surface area contributed by atoms with Crippen LogP contribution in [0.3, 0.4) is 0 Å². The van der Waals surface area contributed by atoms with Gasteiger partial charge in [0.25, 0.3) is 0 Å². The monoisotopic (exact) mass is 388 g/mol. The van der Waals surface area contributed by atoms with Crippen molar-refractivity contribution in [3.63, 3.8) is 0 Å². The molecule has 142 valence electrons. The maximum absolute atomic E-state index is 12.5. The molecule has 2 aromatic rings. The molecule has 0 aliphatic carbocycles. The van der Waals surface area contributed by atoms with Gasteiger partial charge < -0.3 is 24.4 Å². The number of aryl methyl sites for hydroxylation is 1. The van der Waals surface area contributed by atoms with Crippen LogP contribution in [-0.2, 0) is 16.0 Å². The lowest BCUT2D eigenvalue weighted by Crippen LogP contribution is -2.36. The molecule has 1 N–H and O–H groups in total. The Morgan fingerprint density at radius 1 is 1.07 bits per heavy atom. The number of anilines is 2. The second-order valence-corrected chi connectivity index (χ2v) is 6.93. The number of nitrogens with one attached hydrogen (secondary N) is 1. The van der Waals surface area contributed by atoms with Gasteiger partial charge in [0.2, 0.25) is 12.7 Å². The SMILES string of the molecule is O=C(CCc1ccc2c(c1)OCO2)Nc1cc(Cl)ccc1N1CCOCC1. The Kier molecular flexibility index (Phi) is 5.36. The van der Waals surface area contributed by atoms with E-state index in [-0.39, 0.29) is 12.7 Å². The Labute approximate surface area is 163 Å². The van der Waals surface area contributed by atoms with Crippen molar-refractivity contribution >= 4 is 28.9 Å². The Bertz CT molecular complexity index is 837. The molecule has 27 heavy (non-hydrogen) atoms. The smallest absolute Gasteiger partial charge is 0.231 e. The van der Waals surface area contributed by atoms with Gasteiger partial charge in [0.15, 0.2) is 11.5 Å². The minimum atomic E-state index is -0.0514. The summed E-state index contributed by atoms with van der Waals surface area (Å²) in [6, 6.07) is 11.3. The second kappa shape index (κ2) is 8.06. The summed E-state index contributed by atoms with van der Waals surface area (Å²) < 4.78 is 16.1. The van der Waals surface area contributed by atoms with Gasteiger partial charge in [-0.2, -0.15) is 0 Å². The van der Waals surface area contributed by atoms with Crippen LogP contribution in [0.15, 0.2) is 36.4 Å². The number of nitrogens with zero attached hydrogens (tertiary/aromatic N) is 1. The predicted molar refractivity (Wildman–Crippen MR) is 104 cm³/mol. The van der Waals surface area contributed by atoms with Crippen LogP contribution in [0.25, 0.3) is 0 Å². The van der Waals surface area contributed by atoms with Crippen LogP contribution in [0, 0.1) is 0 Å². The quantitative estimate of drug-likeness (QED) is 0.849. The molecule has 7 heteroatoms. The van der Waals surface area contributed by atoms with Crippen molar-refractivity contribution in [2.75, 3.05) is 43.3 Å². The summed E-state index contributed by atoms with van der Waals surface area (Å²) in [7, 11) is 0. The van der Waals surface area contributed by atoms with E-state index in [9.17, 15) is 4.79 Å². The van der Waals surface area contributed by atoms with E-state index in [0.29, 0.717) is 31.1 Å². The third-order valence-corrected chi connectivity index (χ3v) is 4.90. The van der Waals surface area contributed by atoms with E-state index in [1.807, 2.05) is 30.3 Å². The Morgan fingerprint density at radius 2 is 1.89 bits per heavy atom. The molecular formula is C20H21ClN2O4. The lowest BCUT2D eigenvalue weighted by molar-refractivity contribution is -0.116. The molecular weight excluding hydrogens is 368 g/mol. The average Bonchev–Trinajstić information content (AvgIpc) is 3.15. The van der Waals surface area contributed by atoms with Crippen molar-refractivity contribution in [2.45, 2.75) is 12.8 Å². The van der Waals surface area contributed by atoms with Gasteiger partial charge in [0.05, 0.1) is 24.6 Å². The summed E-state index contributed by atoms with van der Waals surface area (Å²) in [6.07, 6.45) is 0.991. The van der Waals surface area contributed by atoms with E-state index in [0.717, 1.165) is 41.5 Å². The van der Waals surface area contributed by atoms with Crippen LogP contribution in [0.5, 0.6) is 11.5 Å². The molecule has 0 bridgehead atoms. The highest BCUT2D eigenvalue weighted by atomic mass is 35.5. The first kappa shape index (κ1) is 17.9. The third-order valence-electron chi connectivity index (χ3n) is 4.66. The van der Waals surface area contributed by atoms with E-state index >= 15 is 0 Å². The molecule has 2 aromatic carbocycles. The number of hydrogen-bond acceptors (Lipinski definition) is 5. The number of rotatable bonds is 5. The fourth-order valence-corrected chi connectivity index (χ4v) is 3.43. The van der Waals surface area contributed by atoms with E-state index in [1.165, 1.54) is 0 Å². The molecule has 0 radical (unpaired) electrons. The Hall–Kier alpha value is -2.44. The number of benzene rings is 2. The highest BCUT2D eigenvalue weighted by Crippen LogP contribution is 2.33. The van der Waals surface area contributed by atoms with E-state index < -0.39 is 0 Å². The van der Waals surface area contributed by atoms with Gasteiger partial charge in [0.1, 0.15) is 0 Å². The fourth-order valence-electron chi connectivity index (χ4n) is 3.26. The zero-order chi connectivity index (χ0) is 18.6. The van der Waals surface area contributed by atoms with Crippen LogP contribution in [0.1, 0.15) is 12.0 Å². The van der Waals surface area contributed by atoms with Gasteiger partial charge in [0, 0.05) is 24.5 Å². The molecule has 6 nitrogen and oxygen atoms in total. The average molecular weight is 389 g/mol. The first-order valence-electron chi connectivity index (χ1n) is 9.00. The third kappa shape index (κ3) is 4.28. The number of fused-ring (bicyclic) bond motifs is 1. The second-order valence-electron chi connectivity index (χ2n) is 6.50. The van der Waals surface area contributed by atoms with E-state index in [2.05, 4.69) is 10.2 Å². The van der Waals surface area contributed by atoms with Crippen molar-refractivity contribution in [1.82, 2.24) is 0 Å². The van der Waals surface area contributed by atoms with Crippen molar-refractivity contribution in [2.24, 2.45) is 0 Å². The van der Waals surface area contributed by atoms with Crippen LogP contribution >= 0.6 is 11.6 Å². The topological polar surface area (TPSA) is 60.0 Å². The molecule has 1 saturated heterocycles. The molecule has 0 saturated carbocycles. The minimum absolute atomic E-state index is 0.0514. The predicted octanol–water partition coefficient (Wildman–Crippen LogP) is 3.48. The Morgan fingerprint density at radius 3 is 2.74 bits per heavy atom. The molecule has 0 spiro atoms. The van der Waals surface area contributed by atoms with E-state index in [1.54, 1.807) is 6.07 Å². The summed E-state index contributed by atoms with van der Waals surface area (Å²) in [4.78, 5) is 14.7. The number of ether oxygens (including phenoxy) is 3. The molecule has 1 fully saturated rings. The number of amides is 1. The standard InChI is InChI=1S/C20H21ClN2O4/c21-15-3-4-17(23-7-9-25-10-8-23)16(12-15)22-20(24)6-2-14-1-5-18-19(11-14)27-13-26-18/h1,3-5,11-12H,2,6-10,13H2,(H,22,24). The lowest BCUT2D eigenvalue weighted by atomic mass is 10.1. The van der Waals surface area contributed by atoms with Crippen LogP contribution in [0.4, 0.5) is 11.4 Å². The number of halogens is 1. The number of carbonyl (C=O) groups excluding carboxylic acids is 1. The largest absolute Gasteiger partial charge is 0.454 e. The molecule has 2 aliphatic rings. The first-order chi connectivity index (χ1) is 13.2. The van der Waals surface area contributed by atoms with Crippen molar-refractivity contribution in [3.8, 4) is 11.5 Å². The van der Waals surface area contributed by atoms with Gasteiger partial charge in [-0.1, -0.05) is 17.7 Å². The van der Waals surface area contributed by atoms with Crippen LogP contribution in [-0.4, -0.2) is 39.0 Å². The lowest BCUT2D eigenvalue weighted by Gasteiger charge is -2.30. The van der Waals surface area contributed by atoms with E-state index in [4.69, 9.17) is 25.8 Å². The van der Waals surface area contributed by atoms with Crippen LogP contribution < -0.4 is 19.7 Å². The van der Waals surface area contributed by atoms with Crippen molar-refractivity contribution in [3.05, 3.63) is 47.0 Å². The van der Waals surface area contributed by atoms with Gasteiger partial charge in [-0.15, -0.1) is 0 Å². The Balaban J connectivity index is 1.41. The molecule has 0 aromatic heterocycles. The summed E-state index contributed by atoms with van der Waals surface area (Å²) in [5.74, 6) is 1.43. The number of carbonyl (C=O) groups is 1. The zero-order valence-electron chi connectivity index (χ0n) is 14.9. The fraction of sp³-hybridized carbons (Fsp3) is 0.350. The zero-order valence-corrected chi connectivity index (χ0v) is 15.6. The molecule has 2 heterocycles. The van der Waals surface area contributed by atoms with Crippen molar-refractivity contribution < 1.29 is 19.0 Å². The van der Waals surface area contributed by atoms with Crippen LogP contribution in [0.2, 0.25) is 5.02 Å². The normalized spacial score (nSPS) is 15.7. The van der Waals surface area contributed by atoms with Gasteiger partial charge in [-0.3, -0.25) is 4.79 Å². The summed E-state index contributed by atoms with van der Waals surface area (Å²) in [5, 5.41) is 3.60. The number of hydrogen-bond donors (Lipinski definition) is 1. The first-order valence-corrected chi connectivity index (χ1v) is 9.37. The van der Waals surface area contributed by atoms with Gasteiger partial charge in [-0.25, -0.2) is 0 Å². The van der Waals surface area contributed by atoms with Crippen molar-refractivity contribution in [1.29, 1.82) is 0 Å². The maximum Gasteiger partial charge on any atom is 0.231 e. The highest BCUT2D eigenvalue weighted by molar-refractivity contribution is 6.31. The number of morpholine rings is 1. The maximum atomic E-state index is 12.5. The molecule has 2 aliphatic heterocycles. The molecule has 0 atom stereocenters. The summed E-state index contributed by atoms with van der Waals surface area (Å²) >= 11 is 6.15. The highest BCUT2D eigenvalue weighted by Gasteiger charge is 2.17. The molecule has 0 unspecified atom stereocenters. The summed E-state index contributed by atoms with van der Waals surface area (Å²) in [5.41, 5.74) is 2.74. The molecule has 1 amide bonds. The van der Waals surface area contributed by atoms with Gasteiger partial charge >= 0.3 is 0 Å².